The first-order valence-electron chi connectivity index (χ1n) is 6.80. The van der Waals surface area contributed by atoms with Crippen molar-refractivity contribution in [2.24, 2.45) is 5.92 Å². The SMILES string of the molecule is CCOc1cc(NC(C)CC2CC2)ccc1OC. The first-order chi connectivity index (χ1) is 8.72. The van der Waals surface area contributed by atoms with E-state index in [-0.39, 0.29) is 0 Å². The zero-order valence-electron chi connectivity index (χ0n) is 11.5. The lowest BCUT2D eigenvalue weighted by atomic mass is 10.1. The Balaban J connectivity index is 2.00. The van der Waals surface area contributed by atoms with Crippen LogP contribution in [-0.4, -0.2) is 19.8 Å². The molecule has 0 saturated heterocycles. The number of hydrogen-bond acceptors (Lipinski definition) is 3. The largest absolute Gasteiger partial charge is 0.493 e. The van der Waals surface area contributed by atoms with Gasteiger partial charge in [0.1, 0.15) is 0 Å². The van der Waals surface area contributed by atoms with E-state index in [0.717, 1.165) is 23.1 Å². The number of ether oxygens (including phenoxy) is 2. The molecular weight excluding hydrogens is 226 g/mol. The molecule has 2 rings (SSSR count). The fourth-order valence-electron chi connectivity index (χ4n) is 2.23. The normalized spacial score (nSPS) is 16.2. The van der Waals surface area contributed by atoms with Gasteiger partial charge in [0.15, 0.2) is 11.5 Å². The lowest BCUT2D eigenvalue weighted by Gasteiger charge is -2.17. The lowest BCUT2D eigenvalue weighted by molar-refractivity contribution is 0.311. The number of methoxy groups -OCH3 is 1. The first-order valence-corrected chi connectivity index (χ1v) is 6.80. The zero-order chi connectivity index (χ0) is 13.0. The van der Waals surface area contributed by atoms with Crippen LogP contribution < -0.4 is 14.8 Å². The second-order valence-corrected chi connectivity index (χ2v) is 5.02. The molecule has 0 radical (unpaired) electrons. The predicted molar refractivity (Wildman–Crippen MR) is 74.6 cm³/mol. The predicted octanol–water partition coefficient (Wildman–Crippen LogP) is 3.69. The van der Waals surface area contributed by atoms with Crippen molar-refractivity contribution in [2.45, 2.75) is 39.2 Å². The van der Waals surface area contributed by atoms with E-state index in [1.807, 2.05) is 25.1 Å². The Hall–Kier alpha value is -1.38. The molecule has 0 bridgehead atoms. The molecule has 0 aromatic heterocycles. The summed E-state index contributed by atoms with van der Waals surface area (Å²) < 4.78 is 10.9. The quantitative estimate of drug-likeness (QED) is 0.799. The summed E-state index contributed by atoms with van der Waals surface area (Å²) in [6, 6.07) is 6.54. The van der Waals surface area contributed by atoms with Gasteiger partial charge in [-0.25, -0.2) is 0 Å². The molecule has 0 spiro atoms. The third-order valence-corrected chi connectivity index (χ3v) is 3.26. The van der Waals surface area contributed by atoms with Gasteiger partial charge >= 0.3 is 0 Å². The van der Waals surface area contributed by atoms with Gasteiger partial charge in [-0.15, -0.1) is 0 Å². The molecule has 1 fully saturated rings. The molecule has 1 atom stereocenters. The Morgan fingerprint density at radius 2 is 2.11 bits per heavy atom. The van der Waals surface area contributed by atoms with Gasteiger partial charge < -0.3 is 14.8 Å². The highest BCUT2D eigenvalue weighted by atomic mass is 16.5. The molecule has 1 aliphatic rings. The Morgan fingerprint density at radius 3 is 2.72 bits per heavy atom. The van der Waals surface area contributed by atoms with Gasteiger partial charge in [0.2, 0.25) is 0 Å². The molecular formula is C15H23NO2. The number of benzene rings is 1. The minimum absolute atomic E-state index is 0.514. The molecule has 1 aromatic carbocycles. The summed E-state index contributed by atoms with van der Waals surface area (Å²) >= 11 is 0. The van der Waals surface area contributed by atoms with E-state index in [9.17, 15) is 0 Å². The van der Waals surface area contributed by atoms with Gasteiger partial charge in [-0.2, -0.15) is 0 Å². The molecule has 100 valence electrons. The minimum atomic E-state index is 0.514. The average molecular weight is 249 g/mol. The van der Waals surface area contributed by atoms with E-state index in [1.54, 1.807) is 7.11 Å². The van der Waals surface area contributed by atoms with Gasteiger partial charge in [0.05, 0.1) is 13.7 Å². The van der Waals surface area contributed by atoms with E-state index < -0.39 is 0 Å². The highest BCUT2D eigenvalue weighted by molar-refractivity contribution is 5.55. The fourth-order valence-corrected chi connectivity index (χ4v) is 2.23. The zero-order valence-corrected chi connectivity index (χ0v) is 11.5. The first kappa shape index (κ1) is 13.1. The van der Waals surface area contributed by atoms with Crippen LogP contribution in [0.15, 0.2) is 18.2 Å². The van der Waals surface area contributed by atoms with Crippen LogP contribution >= 0.6 is 0 Å². The van der Waals surface area contributed by atoms with E-state index in [2.05, 4.69) is 12.2 Å². The molecule has 1 N–H and O–H groups in total. The summed E-state index contributed by atoms with van der Waals surface area (Å²) in [6.07, 6.45) is 4.06. The maximum absolute atomic E-state index is 5.58. The molecule has 0 aliphatic heterocycles. The van der Waals surface area contributed by atoms with E-state index in [4.69, 9.17) is 9.47 Å². The van der Waals surface area contributed by atoms with Crippen molar-refractivity contribution in [3.8, 4) is 11.5 Å². The average Bonchev–Trinajstić information content (AvgIpc) is 3.13. The Kier molecular flexibility index (Phi) is 4.34. The molecule has 18 heavy (non-hydrogen) atoms. The number of nitrogens with one attached hydrogen (secondary N) is 1. The van der Waals surface area contributed by atoms with Crippen LogP contribution in [0, 0.1) is 5.92 Å². The molecule has 0 heterocycles. The molecule has 3 heteroatoms. The number of anilines is 1. The summed E-state index contributed by atoms with van der Waals surface area (Å²) in [4.78, 5) is 0. The lowest BCUT2D eigenvalue weighted by Crippen LogP contribution is -2.15. The van der Waals surface area contributed by atoms with Gasteiger partial charge in [0.25, 0.3) is 0 Å². The molecule has 1 aromatic rings. The van der Waals surface area contributed by atoms with Crippen molar-refractivity contribution in [2.75, 3.05) is 19.0 Å². The second kappa shape index (κ2) is 5.98. The van der Waals surface area contributed by atoms with Crippen LogP contribution in [0.2, 0.25) is 0 Å². The summed E-state index contributed by atoms with van der Waals surface area (Å²) in [5, 5.41) is 3.53. The Labute approximate surface area is 109 Å². The van der Waals surface area contributed by atoms with Gasteiger partial charge in [-0.1, -0.05) is 12.8 Å². The van der Waals surface area contributed by atoms with E-state index >= 15 is 0 Å². The molecule has 1 aliphatic carbocycles. The van der Waals surface area contributed by atoms with Crippen LogP contribution in [0.1, 0.15) is 33.1 Å². The van der Waals surface area contributed by atoms with E-state index in [0.29, 0.717) is 12.6 Å². The van der Waals surface area contributed by atoms with Crippen LogP contribution in [0.3, 0.4) is 0 Å². The summed E-state index contributed by atoms with van der Waals surface area (Å²) in [6.45, 7) is 4.87. The summed E-state index contributed by atoms with van der Waals surface area (Å²) in [7, 11) is 1.67. The minimum Gasteiger partial charge on any atom is -0.493 e. The van der Waals surface area contributed by atoms with Gasteiger partial charge in [0, 0.05) is 17.8 Å². The molecule has 3 nitrogen and oxygen atoms in total. The van der Waals surface area contributed by atoms with Gasteiger partial charge in [-0.05, 0) is 38.3 Å². The summed E-state index contributed by atoms with van der Waals surface area (Å²) in [5.74, 6) is 2.54. The second-order valence-electron chi connectivity index (χ2n) is 5.02. The number of hydrogen-bond donors (Lipinski definition) is 1. The highest BCUT2D eigenvalue weighted by Crippen LogP contribution is 2.35. The van der Waals surface area contributed by atoms with Crippen LogP contribution in [0.4, 0.5) is 5.69 Å². The maximum Gasteiger partial charge on any atom is 0.163 e. The van der Waals surface area contributed by atoms with Crippen LogP contribution in [0.5, 0.6) is 11.5 Å². The van der Waals surface area contributed by atoms with Crippen LogP contribution in [0.25, 0.3) is 0 Å². The van der Waals surface area contributed by atoms with E-state index in [1.165, 1.54) is 19.3 Å². The van der Waals surface area contributed by atoms with Crippen molar-refractivity contribution in [1.29, 1.82) is 0 Å². The fraction of sp³-hybridized carbons (Fsp3) is 0.600. The van der Waals surface area contributed by atoms with Crippen molar-refractivity contribution in [1.82, 2.24) is 0 Å². The Morgan fingerprint density at radius 1 is 1.33 bits per heavy atom. The Bertz CT molecular complexity index is 388. The molecule has 1 saturated carbocycles. The standard InChI is InChI=1S/C15H23NO2/c1-4-18-15-10-13(7-8-14(15)17-3)16-11(2)9-12-5-6-12/h7-8,10-12,16H,4-6,9H2,1-3H3. The van der Waals surface area contributed by atoms with Crippen molar-refractivity contribution < 1.29 is 9.47 Å². The highest BCUT2D eigenvalue weighted by Gasteiger charge is 2.23. The smallest absolute Gasteiger partial charge is 0.163 e. The van der Waals surface area contributed by atoms with Crippen molar-refractivity contribution in [3.63, 3.8) is 0 Å². The van der Waals surface area contributed by atoms with Crippen LogP contribution in [-0.2, 0) is 0 Å². The van der Waals surface area contributed by atoms with Gasteiger partial charge in [-0.3, -0.25) is 0 Å². The monoisotopic (exact) mass is 249 g/mol. The molecule has 1 unspecified atom stereocenters. The maximum atomic E-state index is 5.58. The third-order valence-electron chi connectivity index (χ3n) is 3.26. The molecule has 0 amide bonds. The third kappa shape index (κ3) is 3.56. The topological polar surface area (TPSA) is 30.5 Å². The number of rotatable bonds is 7. The van der Waals surface area contributed by atoms with Crippen molar-refractivity contribution in [3.05, 3.63) is 18.2 Å². The van der Waals surface area contributed by atoms with Crippen molar-refractivity contribution >= 4 is 5.69 Å². The summed E-state index contributed by atoms with van der Waals surface area (Å²) in [5.41, 5.74) is 1.10.